The van der Waals surface area contributed by atoms with Gasteiger partial charge in [0.05, 0.1) is 0 Å². The summed E-state index contributed by atoms with van der Waals surface area (Å²) in [5.41, 5.74) is 4.62. The summed E-state index contributed by atoms with van der Waals surface area (Å²) in [6.45, 7) is 0. The van der Waals surface area contributed by atoms with Crippen molar-refractivity contribution in [3.8, 4) is 11.1 Å². The van der Waals surface area contributed by atoms with Crippen molar-refractivity contribution in [2.75, 3.05) is 6.26 Å². The average molecular weight is 516 g/mol. The first-order valence-electron chi connectivity index (χ1n) is 9.88. The number of hydrogen-bond acceptors (Lipinski definition) is 5. The summed E-state index contributed by atoms with van der Waals surface area (Å²) in [7, 11) is 0. The summed E-state index contributed by atoms with van der Waals surface area (Å²) in [6, 6.07) is 26.3. The Hall–Kier alpha value is -1.63. The van der Waals surface area contributed by atoms with Crippen LogP contribution in [0.3, 0.4) is 0 Å². The Balaban J connectivity index is 1.69. The molecule has 2 nitrogen and oxygen atoms in total. The molecule has 0 amide bonds. The Kier molecular flexibility index (Phi) is 8.44. The van der Waals surface area contributed by atoms with Crippen molar-refractivity contribution < 1.29 is 0 Å². The van der Waals surface area contributed by atoms with Gasteiger partial charge in [0.1, 0.15) is 10.1 Å². The van der Waals surface area contributed by atoms with Gasteiger partial charge < -0.3 is 0 Å². The van der Waals surface area contributed by atoms with Crippen LogP contribution in [0, 0.1) is 0 Å². The van der Waals surface area contributed by atoms with Gasteiger partial charge in [0.25, 0.3) is 0 Å². The molecular formula is C25H20Cl2N2S3. The molecule has 0 atom stereocenters. The summed E-state index contributed by atoms with van der Waals surface area (Å²) in [6.07, 6.45) is 2.01. The topological polar surface area (TPSA) is 25.8 Å². The molecule has 4 aromatic rings. The van der Waals surface area contributed by atoms with Crippen molar-refractivity contribution in [2.45, 2.75) is 26.7 Å². The molecule has 0 aliphatic heterocycles. The van der Waals surface area contributed by atoms with Gasteiger partial charge in [0.15, 0.2) is 5.16 Å². The van der Waals surface area contributed by atoms with E-state index in [1.54, 1.807) is 35.3 Å². The predicted molar refractivity (Wildman–Crippen MR) is 141 cm³/mol. The van der Waals surface area contributed by atoms with Crippen LogP contribution in [0.4, 0.5) is 0 Å². The molecule has 3 aromatic carbocycles. The third-order valence-corrected chi connectivity index (χ3v) is 7.79. The molecule has 0 fully saturated rings. The first-order valence-corrected chi connectivity index (χ1v) is 13.8. The lowest BCUT2D eigenvalue weighted by atomic mass is 10.1. The largest absolute Gasteiger partial charge is 0.215 e. The zero-order chi connectivity index (χ0) is 22.3. The van der Waals surface area contributed by atoms with Gasteiger partial charge in [-0.2, -0.15) is 0 Å². The van der Waals surface area contributed by atoms with Gasteiger partial charge in [0.2, 0.25) is 0 Å². The standard InChI is InChI=1S/C25H20Cl2N2S3/c1-30-25-28-23(31-15-17-7-11-20(26)12-8-17)22(19-5-3-2-4-6-19)24(29-25)32-16-18-9-13-21(27)14-10-18/h2-14H,15-16H2,1H3. The van der Waals surface area contributed by atoms with Crippen molar-refractivity contribution >= 4 is 58.5 Å². The predicted octanol–water partition coefficient (Wildman–Crippen LogP) is 8.76. The Labute approximate surface area is 211 Å². The molecule has 0 saturated heterocycles. The van der Waals surface area contributed by atoms with Crippen LogP contribution in [-0.4, -0.2) is 16.2 Å². The zero-order valence-electron chi connectivity index (χ0n) is 17.3. The number of aromatic nitrogens is 2. The third kappa shape index (κ3) is 6.24. The molecule has 0 radical (unpaired) electrons. The summed E-state index contributed by atoms with van der Waals surface area (Å²) in [5.74, 6) is 1.62. The fourth-order valence-electron chi connectivity index (χ4n) is 3.02. The quantitative estimate of drug-likeness (QED) is 0.133. The molecule has 0 bridgehead atoms. The van der Waals surface area contributed by atoms with Crippen molar-refractivity contribution in [1.82, 2.24) is 9.97 Å². The molecule has 4 rings (SSSR count). The van der Waals surface area contributed by atoms with Crippen LogP contribution >= 0.6 is 58.5 Å². The fraction of sp³-hybridized carbons (Fsp3) is 0.120. The first-order chi connectivity index (χ1) is 15.6. The van der Waals surface area contributed by atoms with Crippen LogP contribution in [0.1, 0.15) is 11.1 Å². The van der Waals surface area contributed by atoms with Gasteiger partial charge in [-0.25, -0.2) is 9.97 Å². The maximum absolute atomic E-state index is 6.05. The van der Waals surface area contributed by atoms with Crippen LogP contribution in [0.2, 0.25) is 10.0 Å². The lowest BCUT2D eigenvalue weighted by Gasteiger charge is -2.15. The van der Waals surface area contributed by atoms with Crippen LogP contribution in [-0.2, 0) is 11.5 Å². The second kappa shape index (κ2) is 11.5. The molecule has 1 aromatic heterocycles. The highest BCUT2D eigenvalue weighted by atomic mass is 35.5. The van der Waals surface area contributed by atoms with Crippen LogP contribution < -0.4 is 0 Å². The van der Waals surface area contributed by atoms with Crippen LogP contribution in [0.5, 0.6) is 0 Å². The highest BCUT2D eigenvalue weighted by Crippen LogP contribution is 2.40. The lowest BCUT2D eigenvalue weighted by molar-refractivity contribution is 0.837. The van der Waals surface area contributed by atoms with E-state index in [0.29, 0.717) is 0 Å². The van der Waals surface area contributed by atoms with E-state index in [2.05, 4.69) is 48.5 Å². The summed E-state index contributed by atoms with van der Waals surface area (Å²) < 4.78 is 0. The Morgan fingerprint density at radius 2 is 1.12 bits per heavy atom. The molecule has 1 heterocycles. The Morgan fingerprint density at radius 1 is 0.656 bits per heavy atom. The van der Waals surface area contributed by atoms with E-state index in [0.717, 1.165) is 47.9 Å². The van der Waals surface area contributed by atoms with Gasteiger partial charge in [-0.3, -0.25) is 0 Å². The zero-order valence-corrected chi connectivity index (χ0v) is 21.3. The molecule has 32 heavy (non-hydrogen) atoms. The molecule has 7 heteroatoms. The van der Waals surface area contributed by atoms with Crippen molar-refractivity contribution in [2.24, 2.45) is 0 Å². The number of hydrogen-bond donors (Lipinski definition) is 0. The van der Waals surface area contributed by atoms with Gasteiger partial charge in [-0.1, -0.05) is 89.6 Å². The third-order valence-electron chi connectivity index (χ3n) is 4.64. The fourth-order valence-corrected chi connectivity index (χ4v) is 5.83. The monoisotopic (exact) mass is 514 g/mol. The number of benzene rings is 3. The number of nitrogens with zero attached hydrogens (tertiary/aromatic N) is 2. The summed E-state index contributed by atoms with van der Waals surface area (Å²) >= 11 is 17.1. The second-order valence-corrected chi connectivity index (χ2v) is 10.5. The van der Waals surface area contributed by atoms with E-state index in [-0.39, 0.29) is 0 Å². The average Bonchev–Trinajstić information content (AvgIpc) is 2.83. The smallest absolute Gasteiger partial charge is 0.189 e. The van der Waals surface area contributed by atoms with Gasteiger partial charge in [0, 0.05) is 27.1 Å². The van der Waals surface area contributed by atoms with E-state index in [1.807, 2.05) is 36.6 Å². The minimum Gasteiger partial charge on any atom is -0.215 e. The number of rotatable bonds is 8. The van der Waals surface area contributed by atoms with Crippen LogP contribution in [0.15, 0.2) is 94.1 Å². The molecule has 0 unspecified atom stereocenters. The Bertz CT molecular complexity index is 1100. The summed E-state index contributed by atoms with van der Waals surface area (Å²) in [4.78, 5) is 9.77. The van der Waals surface area contributed by atoms with Crippen molar-refractivity contribution in [3.63, 3.8) is 0 Å². The van der Waals surface area contributed by atoms with Gasteiger partial charge >= 0.3 is 0 Å². The highest BCUT2D eigenvalue weighted by Gasteiger charge is 2.17. The highest BCUT2D eigenvalue weighted by molar-refractivity contribution is 8.00. The normalized spacial score (nSPS) is 11.0. The molecular weight excluding hydrogens is 495 g/mol. The molecule has 0 aliphatic rings. The first kappa shape index (κ1) is 23.5. The number of thioether (sulfide) groups is 3. The van der Waals surface area contributed by atoms with E-state index in [9.17, 15) is 0 Å². The summed E-state index contributed by atoms with van der Waals surface area (Å²) in [5, 5.41) is 4.25. The van der Waals surface area contributed by atoms with Gasteiger partial charge in [-0.15, -0.1) is 23.5 Å². The minimum atomic E-state index is 0.747. The molecule has 0 aliphatic carbocycles. The van der Waals surface area contributed by atoms with E-state index in [1.165, 1.54) is 11.1 Å². The molecule has 0 saturated carbocycles. The SMILES string of the molecule is CSc1nc(SCc2ccc(Cl)cc2)c(-c2ccccc2)c(SCc2ccc(Cl)cc2)n1. The lowest BCUT2D eigenvalue weighted by Crippen LogP contribution is -1.98. The van der Waals surface area contributed by atoms with E-state index >= 15 is 0 Å². The van der Waals surface area contributed by atoms with Gasteiger partial charge in [-0.05, 0) is 47.2 Å². The number of halogens is 2. The minimum absolute atomic E-state index is 0.747. The molecule has 0 spiro atoms. The maximum atomic E-state index is 6.05. The van der Waals surface area contributed by atoms with Crippen molar-refractivity contribution in [1.29, 1.82) is 0 Å². The Morgan fingerprint density at radius 3 is 1.56 bits per heavy atom. The molecule has 0 N–H and O–H groups in total. The maximum Gasteiger partial charge on any atom is 0.189 e. The second-order valence-electron chi connectivity index (χ2n) is 6.89. The van der Waals surface area contributed by atoms with Crippen LogP contribution in [0.25, 0.3) is 11.1 Å². The van der Waals surface area contributed by atoms with Crippen molar-refractivity contribution in [3.05, 3.63) is 100 Å². The van der Waals surface area contributed by atoms with E-state index in [4.69, 9.17) is 33.2 Å². The molecule has 162 valence electrons. The van der Waals surface area contributed by atoms with E-state index < -0.39 is 0 Å².